The third-order valence-electron chi connectivity index (χ3n) is 4.58. The summed E-state index contributed by atoms with van der Waals surface area (Å²) in [6.07, 6.45) is 0. The molecule has 4 nitrogen and oxygen atoms in total. The fourth-order valence-electron chi connectivity index (χ4n) is 3.05. The molecule has 0 atom stereocenters. The summed E-state index contributed by atoms with van der Waals surface area (Å²) in [6, 6.07) is 16.1. The highest BCUT2D eigenvalue weighted by atomic mass is 35.5. The number of benzene rings is 2. The molecule has 1 aliphatic heterocycles. The number of hydrogen-bond donors (Lipinski definition) is 0. The average Bonchev–Trinajstić information content (AvgIpc) is 2.70. The molecule has 144 valence electrons. The van der Waals surface area contributed by atoms with Gasteiger partial charge in [0.2, 0.25) is 5.91 Å². The standard InChI is InChI=1S/C21H25ClN2O2S/c1-23(21(25)16-27-15-17-6-8-19(22)9-7-17)14-18-4-2-3-5-20(18)24-10-12-26-13-11-24/h2-9H,10-16H2,1H3. The van der Waals surface area contributed by atoms with Crippen LogP contribution in [0.2, 0.25) is 5.02 Å². The van der Waals surface area contributed by atoms with Crippen molar-refractivity contribution in [1.29, 1.82) is 0 Å². The van der Waals surface area contributed by atoms with E-state index in [1.807, 2.05) is 42.3 Å². The zero-order valence-electron chi connectivity index (χ0n) is 15.6. The number of amides is 1. The van der Waals surface area contributed by atoms with E-state index < -0.39 is 0 Å². The molecule has 1 heterocycles. The average molecular weight is 405 g/mol. The number of halogens is 1. The maximum atomic E-state index is 12.5. The summed E-state index contributed by atoms with van der Waals surface area (Å²) in [5.41, 5.74) is 3.56. The smallest absolute Gasteiger partial charge is 0.232 e. The molecule has 0 aromatic heterocycles. The van der Waals surface area contributed by atoms with Gasteiger partial charge in [0.25, 0.3) is 0 Å². The van der Waals surface area contributed by atoms with Crippen molar-refractivity contribution < 1.29 is 9.53 Å². The Morgan fingerprint density at radius 3 is 2.59 bits per heavy atom. The fraction of sp³-hybridized carbons (Fsp3) is 0.381. The van der Waals surface area contributed by atoms with Crippen LogP contribution in [0.3, 0.4) is 0 Å². The normalized spacial score (nSPS) is 14.2. The molecule has 0 N–H and O–H groups in total. The van der Waals surface area contributed by atoms with E-state index in [4.69, 9.17) is 16.3 Å². The molecule has 2 aromatic carbocycles. The van der Waals surface area contributed by atoms with Crippen molar-refractivity contribution in [1.82, 2.24) is 4.90 Å². The van der Waals surface area contributed by atoms with Gasteiger partial charge in [0.05, 0.1) is 19.0 Å². The SMILES string of the molecule is CN(Cc1ccccc1N1CCOCC1)C(=O)CSCc1ccc(Cl)cc1. The summed E-state index contributed by atoms with van der Waals surface area (Å²) in [5.74, 6) is 1.42. The lowest BCUT2D eigenvalue weighted by Crippen LogP contribution is -2.37. The van der Waals surface area contributed by atoms with Gasteiger partial charge in [-0.15, -0.1) is 11.8 Å². The summed E-state index contributed by atoms with van der Waals surface area (Å²) >= 11 is 7.54. The highest BCUT2D eigenvalue weighted by Crippen LogP contribution is 2.23. The Balaban J connectivity index is 1.52. The predicted octanol–water partition coefficient (Wildman–Crippen LogP) is 4.07. The second kappa shape index (κ2) is 10.0. The van der Waals surface area contributed by atoms with Crippen molar-refractivity contribution in [3.8, 4) is 0 Å². The predicted molar refractivity (Wildman–Crippen MR) is 114 cm³/mol. The van der Waals surface area contributed by atoms with E-state index in [-0.39, 0.29) is 5.91 Å². The summed E-state index contributed by atoms with van der Waals surface area (Å²) in [7, 11) is 1.88. The van der Waals surface area contributed by atoms with E-state index >= 15 is 0 Å². The fourth-order valence-corrected chi connectivity index (χ4v) is 4.10. The maximum absolute atomic E-state index is 12.5. The number of para-hydroxylation sites is 1. The number of nitrogens with zero attached hydrogens (tertiary/aromatic N) is 2. The highest BCUT2D eigenvalue weighted by Gasteiger charge is 2.17. The van der Waals surface area contributed by atoms with Crippen molar-refractivity contribution >= 4 is 35.0 Å². The molecular weight excluding hydrogens is 380 g/mol. The van der Waals surface area contributed by atoms with Crippen LogP contribution in [-0.2, 0) is 21.8 Å². The van der Waals surface area contributed by atoms with Crippen molar-refractivity contribution in [2.45, 2.75) is 12.3 Å². The topological polar surface area (TPSA) is 32.8 Å². The van der Waals surface area contributed by atoms with Crippen LogP contribution in [0.5, 0.6) is 0 Å². The zero-order valence-corrected chi connectivity index (χ0v) is 17.1. The molecule has 0 aliphatic carbocycles. The summed E-state index contributed by atoms with van der Waals surface area (Å²) in [6.45, 7) is 3.92. The largest absolute Gasteiger partial charge is 0.378 e. The van der Waals surface area contributed by atoms with Gasteiger partial charge in [0, 0.05) is 43.1 Å². The number of carbonyl (C=O) groups excluding carboxylic acids is 1. The Morgan fingerprint density at radius 2 is 1.85 bits per heavy atom. The molecular formula is C21H25ClN2O2S. The molecule has 2 aromatic rings. The van der Waals surface area contributed by atoms with Crippen molar-refractivity contribution in [2.24, 2.45) is 0 Å². The minimum absolute atomic E-state index is 0.144. The van der Waals surface area contributed by atoms with Crippen molar-refractivity contribution in [2.75, 3.05) is 44.0 Å². The van der Waals surface area contributed by atoms with Gasteiger partial charge in [-0.2, -0.15) is 0 Å². The number of anilines is 1. The van der Waals surface area contributed by atoms with Gasteiger partial charge in [-0.25, -0.2) is 0 Å². The van der Waals surface area contributed by atoms with E-state index in [0.29, 0.717) is 12.3 Å². The number of carbonyl (C=O) groups is 1. The molecule has 1 saturated heterocycles. The second-order valence-corrected chi connectivity index (χ2v) is 8.02. The van der Waals surface area contributed by atoms with Crippen LogP contribution in [0.1, 0.15) is 11.1 Å². The number of morpholine rings is 1. The highest BCUT2D eigenvalue weighted by molar-refractivity contribution is 7.99. The van der Waals surface area contributed by atoms with Gasteiger partial charge < -0.3 is 14.5 Å². The Hall–Kier alpha value is -1.69. The van der Waals surface area contributed by atoms with Crippen LogP contribution in [0.15, 0.2) is 48.5 Å². The van der Waals surface area contributed by atoms with Gasteiger partial charge in [0.1, 0.15) is 0 Å². The van der Waals surface area contributed by atoms with E-state index in [9.17, 15) is 4.79 Å². The summed E-state index contributed by atoms with van der Waals surface area (Å²) < 4.78 is 5.45. The number of hydrogen-bond acceptors (Lipinski definition) is 4. The lowest BCUT2D eigenvalue weighted by molar-refractivity contribution is -0.127. The first-order chi connectivity index (χ1) is 13.1. The van der Waals surface area contributed by atoms with Crippen LogP contribution in [0, 0.1) is 0 Å². The Bertz CT molecular complexity index is 748. The van der Waals surface area contributed by atoms with Crippen molar-refractivity contribution in [3.05, 3.63) is 64.7 Å². The Morgan fingerprint density at radius 1 is 1.15 bits per heavy atom. The van der Waals surface area contributed by atoms with Crippen LogP contribution in [-0.4, -0.2) is 49.9 Å². The minimum Gasteiger partial charge on any atom is -0.378 e. The van der Waals surface area contributed by atoms with E-state index in [1.54, 1.807) is 11.8 Å². The Labute approximate surface area is 170 Å². The summed E-state index contributed by atoms with van der Waals surface area (Å²) in [5, 5.41) is 0.735. The third kappa shape index (κ3) is 5.89. The van der Waals surface area contributed by atoms with Gasteiger partial charge in [-0.1, -0.05) is 41.9 Å². The van der Waals surface area contributed by atoms with Crippen LogP contribution in [0.4, 0.5) is 5.69 Å². The lowest BCUT2D eigenvalue weighted by Gasteiger charge is -2.31. The lowest BCUT2D eigenvalue weighted by atomic mass is 10.1. The summed E-state index contributed by atoms with van der Waals surface area (Å²) in [4.78, 5) is 16.7. The first kappa shape index (κ1) is 20.1. The molecule has 0 radical (unpaired) electrons. The Kier molecular flexibility index (Phi) is 7.44. The monoisotopic (exact) mass is 404 g/mol. The molecule has 1 fully saturated rings. The molecule has 6 heteroatoms. The number of ether oxygens (including phenoxy) is 1. The third-order valence-corrected chi connectivity index (χ3v) is 5.82. The zero-order chi connectivity index (χ0) is 19.1. The first-order valence-electron chi connectivity index (χ1n) is 9.10. The molecule has 1 aliphatic rings. The van der Waals surface area contributed by atoms with E-state index in [2.05, 4.69) is 23.1 Å². The second-order valence-electron chi connectivity index (χ2n) is 6.60. The molecule has 0 bridgehead atoms. The first-order valence-corrected chi connectivity index (χ1v) is 10.6. The van der Waals surface area contributed by atoms with Crippen molar-refractivity contribution in [3.63, 3.8) is 0 Å². The molecule has 3 rings (SSSR count). The molecule has 0 unspecified atom stereocenters. The van der Waals surface area contributed by atoms with Crippen LogP contribution < -0.4 is 4.90 Å². The molecule has 0 saturated carbocycles. The van der Waals surface area contributed by atoms with Crippen LogP contribution >= 0.6 is 23.4 Å². The van der Waals surface area contributed by atoms with E-state index in [1.165, 1.54) is 16.8 Å². The maximum Gasteiger partial charge on any atom is 0.232 e. The quantitative estimate of drug-likeness (QED) is 0.696. The van der Waals surface area contributed by atoms with E-state index in [0.717, 1.165) is 37.1 Å². The molecule has 27 heavy (non-hydrogen) atoms. The van der Waals surface area contributed by atoms with Crippen LogP contribution in [0.25, 0.3) is 0 Å². The van der Waals surface area contributed by atoms with Gasteiger partial charge >= 0.3 is 0 Å². The number of thioether (sulfide) groups is 1. The van der Waals surface area contributed by atoms with Gasteiger partial charge in [-0.3, -0.25) is 4.79 Å². The van der Waals surface area contributed by atoms with Gasteiger partial charge in [0.15, 0.2) is 0 Å². The number of rotatable bonds is 7. The minimum atomic E-state index is 0.144. The molecule has 0 spiro atoms. The van der Waals surface area contributed by atoms with Gasteiger partial charge in [-0.05, 0) is 29.3 Å². The molecule has 1 amide bonds.